The van der Waals surface area contributed by atoms with Gasteiger partial charge in [0.25, 0.3) is 0 Å². The zero-order chi connectivity index (χ0) is 10.1. The zero-order valence-corrected chi connectivity index (χ0v) is 10.2. The Morgan fingerprint density at radius 1 is 1.21 bits per heavy atom. The van der Waals surface area contributed by atoms with E-state index in [1.165, 1.54) is 16.0 Å². The van der Waals surface area contributed by atoms with E-state index in [1.807, 2.05) is 12.1 Å². The molecule has 1 aromatic heterocycles. The summed E-state index contributed by atoms with van der Waals surface area (Å²) in [6.07, 6.45) is 0. The SMILES string of the molecule is Cc1cc(N)ccc1-c1ccc(Br)s1. The molecule has 2 aromatic rings. The van der Waals surface area contributed by atoms with Crippen molar-refractivity contribution in [2.75, 3.05) is 5.73 Å². The van der Waals surface area contributed by atoms with Gasteiger partial charge < -0.3 is 5.73 Å². The van der Waals surface area contributed by atoms with Crippen molar-refractivity contribution in [2.45, 2.75) is 6.92 Å². The minimum atomic E-state index is 0.821. The highest BCUT2D eigenvalue weighted by molar-refractivity contribution is 9.11. The summed E-state index contributed by atoms with van der Waals surface area (Å²) in [7, 11) is 0. The monoisotopic (exact) mass is 267 g/mol. The van der Waals surface area contributed by atoms with Crippen molar-refractivity contribution in [3.05, 3.63) is 39.7 Å². The van der Waals surface area contributed by atoms with Gasteiger partial charge in [0.05, 0.1) is 3.79 Å². The van der Waals surface area contributed by atoms with Gasteiger partial charge in [0.1, 0.15) is 0 Å². The minimum absolute atomic E-state index is 0.821. The van der Waals surface area contributed by atoms with Crippen molar-refractivity contribution >= 4 is 33.0 Å². The summed E-state index contributed by atoms with van der Waals surface area (Å²) in [6, 6.07) is 10.2. The number of halogens is 1. The van der Waals surface area contributed by atoms with Crippen LogP contribution in [0.3, 0.4) is 0 Å². The number of nitrogen functional groups attached to an aromatic ring is 1. The smallest absolute Gasteiger partial charge is 0.0705 e. The largest absolute Gasteiger partial charge is 0.399 e. The molecule has 1 heterocycles. The third-order valence-corrected chi connectivity index (χ3v) is 3.75. The second-order valence-electron chi connectivity index (χ2n) is 3.18. The molecule has 2 N–H and O–H groups in total. The first-order chi connectivity index (χ1) is 6.66. The number of benzene rings is 1. The summed E-state index contributed by atoms with van der Waals surface area (Å²) >= 11 is 5.20. The number of anilines is 1. The summed E-state index contributed by atoms with van der Waals surface area (Å²) in [5.74, 6) is 0. The molecule has 3 heteroatoms. The van der Waals surface area contributed by atoms with Gasteiger partial charge in [0.2, 0.25) is 0 Å². The fourth-order valence-corrected chi connectivity index (χ4v) is 2.90. The van der Waals surface area contributed by atoms with Gasteiger partial charge in [-0.2, -0.15) is 0 Å². The molecular formula is C11H10BrNS. The maximum absolute atomic E-state index is 5.70. The highest BCUT2D eigenvalue weighted by Crippen LogP contribution is 2.33. The van der Waals surface area contributed by atoms with Gasteiger partial charge in [-0.3, -0.25) is 0 Å². The Morgan fingerprint density at radius 3 is 2.57 bits per heavy atom. The molecule has 0 saturated heterocycles. The zero-order valence-electron chi connectivity index (χ0n) is 7.75. The number of hydrogen-bond acceptors (Lipinski definition) is 2. The topological polar surface area (TPSA) is 26.0 Å². The first kappa shape index (κ1) is 9.74. The Kier molecular flexibility index (Phi) is 2.61. The van der Waals surface area contributed by atoms with E-state index in [2.05, 4.69) is 41.1 Å². The molecule has 0 atom stereocenters. The van der Waals surface area contributed by atoms with Crippen LogP contribution < -0.4 is 5.73 Å². The molecule has 72 valence electrons. The first-order valence-electron chi connectivity index (χ1n) is 4.28. The van der Waals surface area contributed by atoms with Crippen molar-refractivity contribution in [3.8, 4) is 10.4 Å². The number of thiophene rings is 1. The normalized spacial score (nSPS) is 10.4. The molecule has 0 spiro atoms. The van der Waals surface area contributed by atoms with Gasteiger partial charge in [-0.1, -0.05) is 6.07 Å². The van der Waals surface area contributed by atoms with Gasteiger partial charge in [-0.15, -0.1) is 11.3 Å². The standard InChI is InChI=1S/C11H10BrNS/c1-7-6-8(13)2-3-9(7)10-4-5-11(12)14-10/h2-6H,13H2,1H3. The van der Waals surface area contributed by atoms with E-state index in [4.69, 9.17) is 5.73 Å². The molecule has 2 rings (SSSR count). The molecule has 1 nitrogen and oxygen atoms in total. The van der Waals surface area contributed by atoms with Crippen LogP contribution in [0, 0.1) is 6.92 Å². The lowest BCUT2D eigenvalue weighted by atomic mass is 10.1. The second-order valence-corrected chi connectivity index (χ2v) is 5.64. The Morgan fingerprint density at radius 2 is 2.00 bits per heavy atom. The number of hydrogen-bond donors (Lipinski definition) is 1. The lowest BCUT2D eigenvalue weighted by Crippen LogP contribution is -1.86. The minimum Gasteiger partial charge on any atom is -0.399 e. The number of aryl methyl sites for hydroxylation is 1. The first-order valence-corrected chi connectivity index (χ1v) is 5.89. The van der Waals surface area contributed by atoms with Gasteiger partial charge in [0, 0.05) is 10.6 Å². The number of rotatable bonds is 1. The average molecular weight is 268 g/mol. The predicted molar refractivity (Wildman–Crippen MR) is 66.6 cm³/mol. The third kappa shape index (κ3) is 1.83. The van der Waals surface area contributed by atoms with Crippen LogP contribution in [0.15, 0.2) is 34.1 Å². The fourth-order valence-electron chi connectivity index (χ4n) is 1.42. The summed E-state index contributed by atoms with van der Waals surface area (Å²) in [5.41, 5.74) is 9.01. The lowest BCUT2D eigenvalue weighted by Gasteiger charge is -2.03. The van der Waals surface area contributed by atoms with Crippen LogP contribution in [-0.2, 0) is 0 Å². The third-order valence-electron chi connectivity index (χ3n) is 2.09. The summed E-state index contributed by atoms with van der Waals surface area (Å²) in [4.78, 5) is 1.27. The fraction of sp³-hybridized carbons (Fsp3) is 0.0909. The van der Waals surface area contributed by atoms with Crippen molar-refractivity contribution in [1.82, 2.24) is 0 Å². The van der Waals surface area contributed by atoms with E-state index < -0.39 is 0 Å². The molecule has 0 amide bonds. The second kappa shape index (κ2) is 3.75. The molecule has 0 fully saturated rings. The molecule has 0 aliphatic rings. The predicted octanol–water partition coefficient (Wildman–Crippen LogP) is 4.07. The summed E-state index contributed by atoms with van der Waals surface area (Å²) in [5, 5.41) is 0. The van der Waals surface area contributed by atoms with E-state index in [0.29, 0.717) is 0 Å². The van der Waals surface area contributed by atoms with E-state index in [0.717, 1.165) is 9.47 Å². The molecule has 0 unspecified atom stereocenters. The highest BCUT2D eigenvalue weighted by Gasteiger charge is 2.04. The van der Waals surface area contributed by atoms with Crippen molar-refractivity contribution in [2.24, 2.45) is 0 Å². The Bertz CT molecular complexity index is 462. The van der Waals surface area contributed by atoms with Crippen LogP contribution in [0.5, 0.6) is 0 Å². The molecule has 0 saturated carbocycles. The van der Waals surface area contributed by atoms with Crippen LogP contribution in [0.4, 0.5) is 5.69 Å². The lowest BCUT2D eigenvalue weighted by molar-refractivity contribution is 1.48. The van der Waals surface area contributed by atoms with Gasteiger partial charge >= 0.3 is 0 Å². The van der Waals surface area contributed by atoms with E-state index >= 15 is 0 Å². The Hall–Kier alpha value is -0.800. The van der Waals surface area contributed by atoms with Crippen LogP contribution in [0.25, 0.3) is 10.4 Å². The molecule has 0 aliphatic carbocycles. The highest BCUT2D eigenvalue weighted by atomic mass is 79.9. The quantitative estimate of drug-likeness (QED) is 0.775. The molecule has 0 radical (unpaired) electrons. The molecule has 0 bridgehead atoms. The molecule has 1 aromatic carbocycles. The molecular weight excluding hydrogens is 258 g/mol. The van der Waals surface area contributed by atoms with Crippen molar-refractivity contribution in [3.63, 3.8) is 0 Å². The van der Waals surface area contributed by atoms with Crippen LogP contribution in [-0.4, -0.2) is 0 Å². The Labute approximate surface area is 95.7 Å². The number of nitrogens with two attached hydrogens (primary N) is 1. The van der Waals surface area contributed by atoms with E-state index in [-0.39, 0.29) is 0 Å². The summed E-state index contributed by atoms with van der Waals surface area (Å²) in [6.45, 7) is 2.08. The molecule has 0 aliphatic heterocycles. The average Bonchev–Trinajstić information content (AvgIpc) is 2.51. The molecule has 14 heavy (non-hydrogen) atoms. The van der Waals surface area contributed by atoms with E-state index in [9.17, 15) is 0 Å². The Balaban J connectivity index is 2.52. The van der Waals surface area contributed by atoms with Gasteiger partial charge in [-0.05, 0) is 58.2 Å². The van der Waals surface area contributed by atoms with Crippen LogP contribution in [0.1, 0.15) is 5.56 Å². The van der Waals surface area contributed by atoms with Gasteiger partial charge in [-0.25, -0.2) is 0 Å². The van der Waals surface area contributed by atoms with Crippen molar-refractivity contribution < 1.29 is 0 Å². The summed E-state index contributed by atoms with van der Waals surface area (Å²) < 4.78 is 1.16. The van der Waals surface area contributed by atoms with Crippen LogP contribution in [0.2, 0.25) is 0 Å². The van der Waals surface area contributed by atoms with Gasteiger partial charge in [0.15, 0.2) is 0 Å². The maximum atomic E-state index is 5.70. The van der Waals surface area contributed by atoms with Crippen LogP contribution >= 0.6 is 27.3 Å². The maximum Gasteiger partial charge on any atom is 0.0705 e. The van der Waals surface area contributed by atoms with E-state index in [1.54, 1.807) is 11.3 Å². The van der Waals surface area contributed by atoms with Crippen molar-refractivity contribution in [1.29, 1.82) is 0 Å².